The van der Waals surface area contributed by atoms with Gasteiger partial charge in [-0.1, -0.05) is 0 Å². The normalized spacial score (nSPS) is 40.4. The Labute approximate surface area is 144 Å². The van der Waals surface area contributed by atoms with Gasteiger partial charge in [0.2, 0.25) is 5.60 Å². The number of carbonyl (C=O) groups excluding carboxylic acids is 2. The fourth-order valence-electron chi connectivity index (χ4n) is 3.66. The molecule has 1 saturated carbocycles. The van der Waals surface area contributed by atoms with E-state index in [2.05, 4.69) is 0 Å². The molecule has 1 aliphatic heterocycles. The van der Waals surface area contributed by atoms with E-state index in [1.807, 2.05) is 0 Å². The molecule has 1 heterocycles. The van der Waals surface area contributed by atoms with Crippen molar-refractivity contribution in [2.24, 2.45) is 5.92 Å². The van der Waals surface area contributed by atoms with Gasteiger partial charge in [0, 0.05) is 4.92 Å². The molecular formula is C15H23NO9. The molecular weight excluding hydrogens is 338 g/mol. The van der Waals surface area contributed by atoms with Gasteiger partial charge >= 0.3 is 5.97 Å². The third-order valence-corrected chi connectivity index (χ3v) is 4.69. The summed E-state index contributed by atoms with van der Waals surface area (Å²) in [4.78, 5) is 34.1. The summed E-state index contributed by atoms with van der Waals surface area (Å²) in [6.45, 7) is 4.80. The van der Waals surface area contributed by atoms with Crippen molar-refractivity contribution in [2.45, 2.75) is 62.7 Å². The number of carbonyl (C=O) groups is 2. The minimum absolute atomic E-state index is 0.00221. The standard InChI is InChI=1S/C15H23NO9/c1-4-23-12(18)15(20)6-9(10-7-24-13(2,3)25-10)5-14(19,8-17)11(15)16(21)22/h8-11,19-20H,4-7H2,1-3H3/t9?,10-,11-,14+,15+/m1/s1. The van der Waals surface area contributed by atoms with Crippen LogP contribution in [0.4, 0.5) is 0 Å². The number of ether oxygens (including phenoxy) is 3. The van der Waals surface area contributed by atoms with E-state index < -0.39 is 52.4 Å². The molecule has 0 spiro atoms. The van der Waals surface area contributed by atoms with Crippen molar-refractivity contribution in [3.63, 3.8) is 0 Å². The SMILES string of the molecule is CCOC(=O)[C@]1(O)CC([C@H]2COC(C)(C)O2)C[C@](O)(C=O)[C@H]1[N+](=O)[O-]. The lowest BCUT2D eigenvalue weighted by molar-refractivity contribution is -0.565. The number of aldehydes is 1. The number of nitrogens with zero attached hydrogens (tertiary/aromatic N) is 1. The molecule has 5 atom stereocenters. The molecule has 1 saturated heterocycles. The summed E-state index contributed by atoms with van der Waals surface area (Å²) in [7, 11) is 0. The predicted molar refractivity (Wildman–Crippen MR) is 81.0 cm³/mol. The van der Waals surface area contributed by atoms with E-state index in [9.17, 15) is 29.9 Å². The van der Waals surface area contributed by atoms with Gasteiger partial charge in [-0.2, -0.15) is 0 Å². The van der Waals surface area contributed by atoms with E-state index in [1.54, 1.807) is 13.8 Å². The lowest BCUT2D eigenvalue weighted by Crippen LogP contribution is -2.70. The highest BCUT2D eigenvalue weighted by molar-refractivity contribution is 5.82. The lowest BCUT2D eigenvalue weighted by Gasteiger charge is -2.44. The van der Waals surface area contributed by atoms with Crippen LogP contribution in [0.1, 0.15) is 33.6 Å². The van der Waals surface area contributed by atoms with Crippen LogP contribution in [0.5, 0.6) is 0 Å². The van der Waals surface area contributed by atoms with Gasteiger partial charge in [-0.3, -0.25) is 14.9 Å². The zero-order valence-corrected chi connectivity index (χ0v) is 14.3. The second-order valence-corrected chi connectivity index (χ2v) is 6.98. The van der Waals surface area contributed by atoms with Crippen molar-refractivity contribution in [3.05, 3.63) is 10.1 Å². The zero-order valence-electron chi connectivity index (χ0n) is 14.3. The first-order chi connectivity index (χ1) is 11.5. The largest absolute Gasteiger partial charge is 0.464 e. The van der Waals surface area contributed by atoms with Gasteiger partial charge in [0.1, 0.15) is 0 Å². The molecule has 142 valence electrons. The summed E-state index contributed by atoms with van der Waals surface area (Å²) >= 11 is 0. The topological polar surface area (TPSA) is 145 Å². The first kappa shape index (κ1) is 19.7. The molecule has 10 nitrogen and oxygen atoms in total. The number of hydrogen-bond donors (Lipinski definition) is 2. The molecule has 1 unspecified atom stereocenters. The van der Waals surface area contributed by atoms with Crippen molar-refractivity contribution >= 4 is 12.3 Å². The number of hydrogen-bond acceptors (Lipinski definition) is 9. The van der Waals surface area contributed by atoms with Crippen LogP contribution < -0.4 is 0 Å². The Morgan fingerprint density at radius 2 is 2.04 bits per heavy atom. The molecule has 2 rings (SSSR count). The first-order valence-electron chi connectivity index (χ1n) is 8.02. The zero-order chi connectivity index (χ0) is 19.0. The lowest BCUT2D eigenvalue weighted by atomic mass is 9.65. The Bertz CT molecular complexity index is 565. The van der Waals surface area contributed by atoms with Crippen molar-refractivity contribution < 1.29 is 38.9 Å². The van der Waals surface area contributed by atoms with E-state index in [-0.39, 0.29) is 25.9 Å². The third-order valence-electron chi connectivity index (χ3n) is 4.69. The van der Waals surface area contributed by atoms with E-state index in [0.717, 1.165) is 0 Å². The number of rotatable bonds is 5. The van der Waals surface area contributed by atoms with Crippen molar-refractivity contribution in [1.29, 1.82) is 0 Å². The molecule has 0 bridgehead atoms. The van der Waals surface area contributed by atoms with Gasteiger partial charge < -0.3 is 24.4 Å². The van der Waals surface area contributed by atoms with Crippen LogP contribution >= 0.6 is 0 Å². The van der Waals surface area contributed by atoms with Crippen LogP contribution in [0, 0.1) is 16.0 Å². The quantitative estimate of drug-likeness (QED) is 0.284. The Balaban J connectivity index is 2.41. The van der Waals surface area contributed by atoms with Gasteiger partial charge in [0.15, 0.2) is 17.7 Å². The van der Waals surface area contributed by atoms with Crippen molar-refractivity contribution in [1.82, 2.24) is 0 Å². The van der Waals surface area contributed by atoms with Gasteiger partial charge in [0.25, 0.3) is 6.04 Å². The van der Waals surface area contributed by atoms with Gasteiger partial charge in [-0.05, 0) is 39.5 Å². The highest BCUT2D eigenvalue weighted by Crippen LogP contribution is 2.44. The summed E-state index contributed by atoms with van der Waals surface area (Å²) in [5.74, 6) is -2.88. The Morgan fingerprint density at radius 3 is 2.48 bits per heavy atom. The number of esters is 1. The predicted octanol–water partition coefficient (Wildman–Crippen LogP) is -0.583. The van der Waals surface area contributed by atoms with Crippen LogP contribution in [0.15, 0.2) is 0 Å². The van der Waals surface area contributed by atoms with Crippen LogP contribution in [0.2, 0.25) is 0 Å². The second-order valence-electron chi connectivity index (χ2n) is 6.98. The molecule has 1 aliphatic carbocycles. The van der Waals surface area contributed by atoms with Crippen LogP contribution in [0.3, 0.4) is 0 Å². The Morgan fingerprint density at radius 1 is 1.40 bits per heavy atom. The van der Waals surface area contributed by atoms with E-state index in [1.165, 1.54) is 6.92 Å². The summed E-state index contributed by atoms with van der Waals surface area (Å²) in [5.41, 5.74) is -5.20. The molecule has 0 amide bonds. The maximum atomic E-state index is 12.3. The molecule has 2 fully saturated rings. The maximum Gasteiger partial charge on any atom is 0.345 e. The summed E-state index contributed by atoms with van der Waals surface area (Å²) in [5, 5.41) is 32.8. The van der Waals surface area contributed by atoms with Crippen LogP contribution in [0.25, 0.3) is 0 Å². The highest BCUT2D eigenvalue weighted by atomic mass is 16.7. The molecule has 10 heteroatoms. The summed E-state index contributed by atoms with van der Waals surface area (Å²) < 4.78 is 15.9. The smallest absolute Gasteiger partial charge is 0.345 e. The second kappa shape index (κ2) is 6.60. The minimum atomic E-state index is -2.66. The molecule has 0 aromatic carbocycles. The maximum absolute atomic E-state index is 12.3. The van der Waals surface area contributed by atoms with Crippen molar-refractivity contribution in [3.8, 4) is 0 Å². The summed E-state index contributed by atoms with van der Waals surface area (Å²) in [6, 6.07) is -2.23. The minimum Gasteiger partial charge on any atom is -0.464 e. The molecule has 25 heavy (non-hydrogen) atoms. The Kier molecular flexibility index (Phi) is 5.20. The monoisotopic (exact) mass is 361 g/mol. The fourth-order valence-corrected chi connectivity index (χ4v) is 3.66. The summed E-state index contributed by atoms with van der Waals surface area (Å²) in [6.07, 6.45) is -1.38. The van der Waals surface area contributed by atoms with Gasteiger partial charge in [-0.25, -0.2) is 4.79 Å². The van der Waals surface area contributed by atoms with Crippen LogP contribution in [-0.2, 0) is 23.8 Å². The molecule has 0 aromatic heterocycles. The van der Waals surface area contributed by atoms with Gasteiger partial charge in [0.05, 0.1) is 19.3 Å². The average molecular weight is 361 g/mol. The Hall–Kier alpha value is -1.62. The molecule has 0 radical (unpaired) electrons. The van der Waals surface area contributed by atoms with E-state index in [4.69, 9.17) is 14.2 Å². The number of aliphatic hydroxyl groups is 2. The number of nitro groups is 1. The fraction of sp³-hybridized carbons (Fsp3) is 0.867. The van der Waals surface area contributed by atoms with E-state index >= 15 is 0 Å². The average Bonchev–Trinajstić information content (AvgIpc) is 2.86. The molecule has 0 aromatic rings. The molecule has 2 aliphatic rings. The molecule has 2 N–H and O–H groups in total. The first-order valence-corrected chi connectivity index (χ1v) is 8.02. The van der Waals surface area contributed by atoms with E-state index in [0.29, 0.717) is 0 Å². The highest BCUT2D eigenvalue weighted by Gasteiger charge is 2.68. The van der Waals surface area contributed by atoms with Crippen LogP contribution in [-0.4, -0.2) is 69.7 Å². The van der Waals surface area contributed by atoms with Crippen molar-refractivity contribution in [2.75, 3.05) is 13.2 Å². The van der Waals surface area contributed by atoms with Gasteiger partial charge in [-0.15, -0.1) is 0 Å². The third kappa shape index (κ3) is 3.52.